The molecule has 3 saturated heterocycles. The van der Waals surface area contributed by atoms with E-state index in [1.807, 2.05) is 24.3 Å². The lowest BCUT2D eigenvalue weighted by Crippen LogP contribution is -2.59. The lowest BCUT2D eigenvalue weighted by atomic mass is 9.82. The van der Waals surface area contributed by atoms with Crippen LogP contribution in [0.4, 0.5) is 10.5 Å². The molecule has 0 aliphatic carbocycles. The summed E-state index contributed by atoms with van der Waals surface area (Å²) in [7, 11) is -2.20. The van der Waals surface area contributed by atoms with E-state index in [4.69, 9.17) is 4.43 Å². The second-order valence-electron chi connectivity index (χ2n) is 18.4. The number of allylic oxidation sites excluding steroid dienone is 1. The van der Waals surface area contributed by atoms with E-state index in [9.17, 15) is 19.8 Å². The van der Waals surface area contributed by atoms with Crippen molar-refractivity contribution in [2.45, 2.75) is 83.4 Å². The molecule has 6 aromatic rings. The first-order chi connectivity index (χ1) is 29.3. The van der Waals surface area contributed by atoms with E-state index in [-0.39, 0.29) is 28.5 Å². The first-order valence-electron chi connectivity index (χ1n) is 21.7. The van der Waals surface area contributed by atoms with Crippen LogP contribution in [0.1, 0.15) is 62.8 Å². The number of nitrogens with one attached hydrogen (secondary N) is 2. The minimum atomic E-state index is -2.20. The smallest absolute Gasteiger partial charge is 0.412 e. The maximum absolute atomic E-state index is 13.0. The summed E-state index contributed by atoms with van der Waals surface area (Å²) in [5.41, 5.74) is 7.13. The lowest BCUT2D eigenvalue weighted by molar-refractivity contribution is 0.0838. The molecule has 4 aromatic carbocycles. The molecular weight excluding hydrogens is 779 g/mol. The Labute approximate surface area is 359 Å². The van der Waals surface area contributed by atoms with Gasteiger partial charge in [0.2, 0.25) is 5.56 Å². The number of aromatic amines is 1. The second kappa shape index (κ2) is 17.5. The average molecular weight is 838 g/mol. The number of nitrogens with zero attached hydrogens (tertiary/aromatic N) is 3. The van der Waals surface area contributed by atoms with Gasteiger partial charge >= 0.3 is 6.09 Å². The second-order valence-corrected chi connectivity index (χ2v) is 23.1. The van der Waals surface area contributed by atoms with Crippen LogP contribution in [-0.4, -0.2) is 71.3 Å². The summed E-state index contributed by atoms with van der Waals surface area (Å²) < 4.78 is 9.29. The molecule has 4 N–H and O–H groups in total. The van der Waals surface area contributed by atoms with Crippen LogP contribution in [0.3, 0.4) is 0 Å². The van der Waals surface area contributed by atoms with Crippen LogP contribution in [0.15, 0.2) is 114 Å². The Kier molecular flexibility index (Phi) is 12.1. The van der Waals surface area contributed by atoms with Crippen molar-refractivity contribution in [3.63, 3.8) is 0 Å². The summed E-state index contributed by atoms with van der Waals surface area (Å²) in [6.45, 7) is 16.1. The van der Waals surface area contributed by atoms with Gasteiger partial charge in [-0.3, -0.25) is 9.69 Å². The van der Waals surface area contributed by atoms with Crippen molar-refractivity contribution in [1.82, 2.24) is 19.8 Å². The van der Waals surface area contributed by atoms with Crippen molar-refractivity contribution >= 4 is 48.0 Å². The van der Waals surface area contributed by atoms with Gasteiger partial charge in [-0.05, 0) is 120 Å². The largest absolute Gasteiger partial charge is 0.506 e. The minimum Gasteiger partial charge on any atom is -0.506 e. The van der Waals surface area contributed by atoms with Gasteiger partial charge in [0.1, 0.15) is 5.75 Å². The zero-order valence-electron chi connectivity index (χ0n) is 36.0. The van der Waals surface area contributed by atoms with Gasteiger partial charge in [-0.15, -0.1) is 0 Å². The normalized spacial score (nSPS) is 18.6. The number of amides is 1. The first-order valence-corrected chi connectivity index (χ1v) is 24.6. The molecule has 0 unspecified atom stereocenters. The van der Waals surface area contributed by atoms with E-state index in [0.717, 1.165) is 78.8 Å². The number of hydrogen-bond acceptors (Lipinski definition) is 6. The predicted molar refractivity (Wildman–Crippen MR) is 250 cm³/mol. The van der Waals surface area contributed by atoms with Crippen molar-refractivity contribution in [2.24, 2.45) is 5.92 Å². The highest BCUT2D eigenvalue weighted by Crippen LogP contribution is 2.42. The minimum absolute atomic E-state index is 0.00547. The van der Waals surface area contributed by atoms with Crippen LogP contribution in [0, 0.1) is 5.92 Å². The molecule has 2 atom stereocenters. The Morgan fingerprint density at radius 3 is 2.51 bits per heavy atom. The molecule has 3 aliphatic rings. The Morgan fingerprint density at radius 1 is 1.00 bits per heavy atom. The number of pyridine rings is 1. The van der Waals surface area contributed by atoms with Gasteiger partial charge in [-0.25, -0.2) is 4.79 Å². The standard InChI is InChI=1S/C50H59N5O5Si/c1-50(2,3)61(4,5)60-46(40-17-20-45(56)48-41(40)18-21-47(57)52-48)32-51-31-35-15-19-42-38(29-35)24-28-54(42)25-10-9-11-34-14-16-39(36-12-7-6-8-13-36)43(30-34)55(49(58)59)44-33-53-26-22-37(44)23-27-53/h6-9,11-21,24,28-30,37,44,46,51,56H,10,22-23,25-27,31-33H2,1-5H3,(H,52,57)(H,58,59)/t44-,46-/m0/s1. The molecule has 0 saturated carbocycles. The van der Waals surface area contributed by atoms with Crippen molar-refractivity contribution in [2.75, 3.05) is 31.1 Å². The fourth-order valence-electron chi connectivity index (χ4n) is 8.99. The zero-order valence-corrected chi connectivity index (χ0v) is 37.0. The van der Waals surface area contributed by atoms with Gasteiger partial charge in [0, 0.05) is 54.9 Å². The molecule has 0 radical (unpaired) electrons. The molecule has 3 aliphatic heterocycles. The number of aromatic hydroxyl groups is 1. The topological polar surface area (TPSA) is 123 Å². The number of rotatable bonds is 14. The van der Waals surface area contributed by atoms with Gasteiger partial charge < -0.3 is 34.4 Å². The van der Waals surface area contributed by atoms with E-state index < -0.39 is 14.4 Å². The van der Waals surface area contributed by atoms with Crippen LogP contribution in [0.2, 0.25) is 18.1 Å². The van der Waals surface area contributed by atoms with E-state index in [1.165, 1.54) is 22.5 Å². The lowest BCUT2D eigenvalue weighted by Gasteiger charge is -2.48. The van der Waals surface area contributed by atoms with Gasteiger partial charge in [0.25, 0.3) is 0 Å². The number of piperidine rings is 3. The van der Waals surface area contributed by atoms with Gasteiger partial charge in [-0.1, -0.05) is 87.5 Å². The fraction of sp³-hybridized carbons (Fsp3) is 0.360. The molecule has 9 rings (SSSR count). The Morgan fingerprint density at radius 2 is 1.79 bits per heavy atom. The monoisotopic (exact) mass is 837 g/mol. The van der Waals surface area contributed by atoms with E-state index in [2.05, 4.69) is 127 Å². The van der Waals surface area contributed by atoms with Crippen LogP contribution in [0.5, 0.6) is 5.75 Å². The van der Waals surface area contributed by atoms with Gasteiger partial charge in [0.15, 0.2) is 8.32 Å². The Balaban J connectivity index is 0.949. The highest BCUT2D eigenvalue weighted by molar-refractivity contribution is 6.74. The van der Waals surface area contributed by atoms with Crippen molar-refractivity contribution in [3.05, 3.63) is 136 Å². The summed E-state index contributed by atoms with van der Waals surface area (Å²) in [6.07, 6.45) is 8.17. The van der Waals surface area contributed by atoms with Crippen molar-refractivity contribution in [3.8, 4) is 16.9 Å². The number of benzene rings is 4. The van der Waals surface area contributed by atoms with E-state index in [0.29, 0.717) is 24.5 Å². The van der Waals surface area contributed by atoms with E-state index >= 15 is 0 Å². The van der Waals surface area contributed by atoms with Crippen LogP contribution < -0.4 is 15.8 Å². The number of hydrogen-bond donors (Lipinski definition) is 4. The number of aromatic nitrogens is 2. The number of carbonyl (C=O) groups is 1. The number of carboxylic acid groups (broad SMARTS) is 1. The third-order valence-corrected chi connectivity index (χ3v) is 17.8. The number of H-pyrrole nitrogens is 1. The molecule has 2 aromatic heterocycles. The highest BCUT2D eigenvalue weighted by Gasteiger charge is 2.41. The summed E-state index contributed by atoms with van der Waals surface area (Å²) in [5, 5.41) is 26.9. The quantitative estimate of drug-likeness (QED) is 0.0806. The van der Waals surface area contributed by atoms with E-state index in [1.54, 1.807) is 17.0 Å². The maximum Gasteiger partial charge on any atom is 0.412 e. The van der Waals surface area contributed by atoms with Crippen LogP contribution in [0.25, 0.3) is 39.0 Å². The number of aryl methyl sites for hydroxylation is 1. The van der Waals surface area contributed by atoms with Gasteiger partial charge in [-0.2, -0.15) is 0 Å². The Hall–Kier alpha value is -5.46. The third-order valence-electron chi connectivity index (χ3n) is 13.4. The maximum atomic E-state index is 13.0. The predicted octanol–water partition coefficient (Wildman–Crippen LogP) is 10.4. The van der Waals surface area contributed by atoms with Crippen molar-refractivity contribution in [1.29, 1.82) is 0 Å². The average Bonchev–Trinajstić information content (AvgIpc) is 3.65. The molecule has 2 bridgehead atoms. The molecule has 318 valence electrons. The summed E-state index contributed by atoms with van der Waals surface area (Å²) in [4.78, 5) is 32.0. The summed E-state index contributed by atoms with van der Waals surface area (Å²) in [6, 6.07) is 31.9. The molecular formula is C50H59N5O5Si. The zero-order chi connectivity index (χ0) is 42.9. The third kappa shape index (κ3) is 9.11. The highest BCUT2D eigenvalue weighted by atomic mass is 28.4. The number of anilines is 1. The number of phenols is 1. The number of phenolic OH excluding ortho intramolecular Hbond substituents is 1. The fourth-order valence-corrected chi connectivity index (χ4v) is 10.3. The molecule has 5 heterocycles. The SMILES string of the molecule is CC(C)(C)[Si](C)(C)O[C@@H](CNCc1ccc2c(ccn2CCC=Cc2ccc(-c3ccccc3)c(N(C(=O)O)[C@H]3CN4CCC3CC4)c2)c1)c1ccc(O)c2[nH]c(=O)ccc12. The number of fused-ring (bicyclic) bond motifs is 5. The molecule has 1 amide bonds. The molecule has 61 heavy (non-hydrogen) atoms. The van der Waals surface area contributed by atoms with Crippen molar-refractivity contribution < 1.29 is 19.4 Å². The van der Waals surface area contributed by atoms with Gasteiger partial charge in [0.05, 0.1) is 23.3 Å². The molecule has 11 heteroatoms. The molecule has 10 nitrogen and oxygen atoms in total. The molecule has 3 fully saturated rings. The summed E-state index contributed by atoms with van der Waals surface area (Å²) in [5.74, 6) is 0.415. The molecule has 0 spiro atoms. The first kappa shape index (κ1) is 42.2. The Bertz CT molecular complexity index is 2600. The van der Waals surface area contributed by atoms with Crippen LogP contribution >= 0.6 is 0 Å². The summed E-state index contributed by atoms with van der Waals surface area (Å²) >= 11 is 0. The van der Waals surface area contributed by atoms with Crippen LogP contribution in [-0.2, 0) is 17.5 Å².